The van der Waals surface area contributed by atoms with Gasteiger partial charge in [-0.1, -0.05) is 0 Å². The Morgan fingerprint density at radius 3 is 2.40 bits per heavy atom. The van der Waals surface area contributed by atoms with E-state index in [1.54, 1.807) is 0 Å². The van der Waals surface area contributed by atoms with Crippen LogP contribution in [0.5, 0.6) is 0 Å². The highest BCUT2D eigenvalue weighted by Crippen LogP contribution is 1.94. The molecule has 0 spiro atoms. The zero-order valence-corrected chi connectivity index (χ0v) is 5.46. The molecule has 0 unspecified atom stereocenters. The standard InChI is InChI=1S/C6H9NO3/c7-4-5(8)2-1-3-6(9)10/h4,7H,1-3H2,(H,9,10). The van der Waals surface area contributed by atoms with Crippen LogP contribution in [0.15, 0.2) is 0 Å². The van der Waals surface area contributed by atoms with Crippen molar-refractivity contribution in [2.45, 2.75) is 19.3 Å². The Morgan fingerprint density at radius 2 is 2.00 bits per heavy atom. The van der Waals surface area contributed by atoms with Gasteiger partial charge in [0.25, 0.3) is 0 Å². The molecule has 0 amide bonds. The Bertz CT molecular complexity index is 153. The molecule has 0 aliphatic heterocycles. The number of hydrogen-bond donors (Lipinski definition) is 2. The average Bonchev–Trinajstić information content (AvgIpc) is 1.87. The summed E-state index contributed by atoms with van der Waals surface area (Å²) < 4.78 is 0. The van der Waals surface area contributed by atoms with E-state index in [1.807, 2.05) is 0 Å². The third-order valence-electron chi connectivity index (χ3n) is 0.975. The molecule has 0 rings (SSSR count). The Labute approximate surface area is 58.4 Å². The second-order valence-corrected chi connectivity index (χ2v) is 1.86. The molecular formula is C6H9NO3. The molecule has 0 aromatic heterocycles. The highest BCUT2D eigenvalue weighted by Gasteiger charge is 1.99. The average molecular weight is 143 g/mol. The van der Waals surface area contributed by atoms with Gasteiger partial charge in [0.1, 0.15) is 0 Å². The van der Waals surface area contributed by atoms with Gasteiger partial charge in [0, 0.05) is 12.8 Å². The first-order valence-corrected chi connectivity index (χ1v) is 2.92. The first-order valence-electron chi connectivity index (χ1n) is 2.92. The fourth-order valence-electron chi connectivity index (χ4n) is 0.486. The van der Waals surface area contributed by atoms with Crippen molar-refractivity contribution in [2.75, 3.05) is 0 Å². The normalized spacial score (nSPS) is 8.80. The lowest BCUT2D eigenvalue weighted by atomic mass is 10.2. The van der Waals surface area contributed by atoms with Gasteiger partial charge in [-0.25, -0.2) is 0 Å². The minimum atomic E-state index is -0.905. The predicted molar refractivity (Wildman–Crippen MR) is 35.3 cm³/mol. The summed E-state index contributed by atoms with van der Waals surface area (Å²) in [4.78, 5) is 20.3. The van der Waals surface area contributed by atoms with E-state index in [2.05, 4.69) is 0 Å². The fraction of sp³-hybridized carbons (Fsp3) is 0.500. The van der Waals surface area contributed by atoms with E-state index in [4.69, 9.17) is 10.5 Å². The molecule has 0 saturated carbocycles. The van der Waals surface area contributed by atoms with Crippen molar-refractivity contribution in [1.29, 1.82) is 5.41 Å². The number of nitrogens with one attached hydrogen (secondary N) is 1. The van der Waals surface area contributed by atoms with E-state index < -0.39 is 5.97 Å². The highest BCUT2D eigenvalue weighted by atomic mass is 16.4. The van der Waals surface area contributed by atoms with Gasteiger partial charge in [-0.05, 0) is 6.42 Å². The van der Waals surface area contributed by atoms with Crippen LogP contribution in [0.1, 0.15) is 19.3 Å². The number of carbonyl (C=O) groups excluding carboxylic acids is 1. The molecule has 0 aliphatic carbocycles. The molecule has 0 radical (unpaired) electrons. The molecule has 0 aromatic carbocycles. The van der Waals surface area contributed by atoms with Crippen molar-refractivity contribution >= 4 is 18.0 Å². The van der Waals surface area contributed by atoms with Gasteiger partial charge in [0.15, 0.2) is 5.78 Å². The van der Waals surface area contributed by atoms with Gasteiger partial charge in [-0.15, -0.1) is 0 Å². The topological polar surface area (TPSA) is 78.2 Å². The molecule has 0 saturated heterocycles. The van der Waals surface area contributed by atoms with Crippen LogP contribution in [0.25, 0.3) is 0 Å². The van der Waals surface area contributed by atoms with Crippen LogP contribution in [-0.4, -0.2) is 23.1 Å². The summed E-state index contributed by atoms with van der Waals surface area (Å²) in [7, 11) is 0. The third kappa shape index (κ3) is 4.96. The third-order valence-corrected chi connectivity index (χ3v) is 0.975. The SMILES string of the molecule is N=CC(=O)CCCC(=O)O. The number of carboxylic acid groups (broad SMARTS) is 1. The van der Waals surface area contributed by atoms with Crippen LogP contribution in [-0.2, 0) is 9.59 Å². The van der Waals surface area contributed by atoms with Crippen LogP contribution < -0.4 is 0 Å². The van der Waals surface area contributed by atoms with Crippen molar-refractivity contribution in [1.82, 2.24) is 0 Å². The smallest absolute Gasteiger partial charge is 0.303 e. The van der Waals surface area contributed by atoms with Gasteiger partial charge in [-0.2, -0.15) is 0 Å². The molecule has 0 aromatic rings. The first kappa shape index (κ1) is 8.81. The van der Waals surface area contributed by atoms with Crippen LogP contribution in [0, 0.1) is 5.41 Å². The summed E-state index contributed by atoms with van der Waals surface area (Å²) >= 11 is 0. The van der Waals surface area contributed by atoms with Gasteiger partial charge in [0.05, 0.1) is 6.21 Å². The zero-order valence-electron chi connectivity index (χ0n) is 5.46. The van der Waals surface area contributed by atoms with Crippen LogP contribution in [0.2, 0.25) is 0 Å². The van der Waals surface area contributed by atoms with E-state index in [9.17, 15) is 9.59 Å². The van der Waals surface area contributed by atoms with Crippen LogP contribution in [0.3, 0.4) is 0 Å². The van der Waals surface area contributed by atoms with Crippen LogP contribution in [0.4, 0.5) is 0 Å². The Kier molecular flexibility index (Phi) is 4.11. The summed E-state index contributed by atoms with van der Waals surface area (Å²) in [5, 5.41) is 14.6. The van der Waals surface area contributed by atoms with Crippen molar-refractivity contribution in [3.63, 3.8) is 0 Å². The molecule has 0 heterocycles. The lowest BCUT2D eigenvalue weighted by Gasteiger charge is -1.90. The largest absolute Gasteiger partial charge is 0.481 e. The Hall–Kier alpha value is -1.19. The number of hydrogen-bond acceptors (Lipinski definition) is 3. The van der Waals surface area contributed by atoms with Crippen molar-refractivity contribution in [3.8, 4) is 0 Å². The summed E-state index contributed by atoms with van der Waals surface area (Å²) in [5.74, 6) is -1.22. The summed E-state index contributed by atoms with van der Waals surface area (Å²) in [6, 6.07) is 0. The van der Waals surface area contributed by atoms with E-state index in [0.29, 0.717) is 12.6 Å². The van der Waals surface area contributed by atoms with Gasteiger partial charge < -0.3 is 10.5 Å². The van der Waals surface area contributed by atoms with E-state index in [0.717, 1.165) is 0 Å². The lowest BCUT2D eigenvalue weighted by Crippen LogP contribution is -2.00. The second kappa shape index (κ2) is 4.67. The second-order valence-electron chi connectivity index (χ2n) is 1.86. The fourth-order valence-corrected chi connectivity index (χ4v) is 0.486. The molecule has 0 bridgehead atoms. The predicted octanol–water partition coefficient (Wildman–Crippen LogP) is 0.460. The number of carboxylic acids is 1. The molecule has 2 N–H and O–H groups in total. The Balaban J connectivity index is 3.28. The number of ketones is 1. The van der Waals surface area contributed by atoms with Crippen LogP contribution >= 0.6 is 0 Å². The van der Waals surface area contributed by atoms with E-state index >= 15 is 0 Å². The summed E-state index contributed by atoms with van der Waals surface area (Å²) in [6.07, 6.45) is 1.20. The Morgan fingerprint density at radius 1 is 1.40 bits per heavy atom. The quantitative estimate of drug-likeness (QED) is 0.549. The summed E-state index contributed by atoms with van der Waals surface area (Å²) in [5.41, 5.74) is 0. The highest BCUT2D eigenvalue weighted by molar-refractivity contribution is 6.26. The maximum absolute atomic E-state index is 10.4. The maximum Gasteiger partial charge on any atom is 0.303 e. The van der Waals surface area contributed by atoms with Crippen molar-refractivity contribution in [2.24, 2.45) is 0 Å². The van der Waals surface area contributed by atoms with E-state index in [-0.39, 0.29) is 18.6 Å². The molecule has 10 heavy (non-hydrogen) atoms. The minimum absolute atomic E-state index is 0.000417. The molecule has 0 aliphatic rings. The zero-order chi connectivity index (χ0) is 7.98. The molecule has 4 nitrogen and oxygen atoms in total. The molecule has 4 heteroatoms. The molecule has 0 atom stereocenters. The number of aliphatic carboxylic acids is 1. The number of Topliss-reactive ketones (excluding diaryl/α,β-unsaturated/α-hetero) is 1. The van der Waals surface area contributed by atoms with Gasteiger partial charge >= 0.3 is 5.97 Å². The van der Waals surface area contributed by atoms with Gasteiger partial charge in [-0.3, -0.25) is 9.59 Å². The van der Waals surface area contributed by atoms with Crippen molar-refractivity contribution in [3.05, 3.63) is 0 Å². The first-order chi connectivity index (χ1) is 4.66. The van der Waals surface area contributed by atoms with Gasteiger partial charge in [0.2, 0.25) is 0 Å². The number of carbonyl (C=O) groups is 2. The molecule has 0 fully saturated rings. The number of rotatable bonds is 5. The van der Waals surface area contributed by atoms with Crippen molar-refractivity contribution < 1.29 is 14.7 Å². The maximum atomic E-state index is 10.4. The monoisotopic (exact) mass is 143 g/mol. The summed E-state index contributed by atoms with van der Waals surface area (Å²) in [6.45, 7) is 0. The molecule has 56 valence electrons. The lowest BCUT2D eigenvalue weighted by molar-refractivity contribution is -0.137. The van der Waals surface area contributed by atoms with E-state index in [1.165, 1.54) is 0 Å². The molecular weight excluding hydrogens is 134 g/mol. The minimum Gasteiger partial charge on any atom is -0.481 e.